The van der Waals surface area contributed by atoms with Gasteiger partial charge in [0.05, 0.1) is 4.90 Å². The van der Waals surface area contributed by atoms with Gasteiger partial charge in [-0.05, 0) is 61.6 Å². The first-order valence-electron chi connectivity index (χ1n) is 10.5. The number of sulfonamides is 1. The van der Waals surface area contributed by atoms with Crippen LogP contribution in [0.3, 0.4) is 0 Å². The van der Waals surface area contributed by atoms with Gasteiger partial charge in [-0.25, -0.2) is 8.42 Å². The highest BCUT2D eigenvalue weighted by molar-refractivity contribution is 7.89. The summed E-state index contributed by atoms with van der Waals surface area (Å²) >= 11 is 0. The molecule has 1 unspecified atom stereocenters. The highest BCUT2D eigenvalue weighted by atomic mass is 32.2. The molecule has 7 heteroatoms. The van der Waals surface area contributed by atoms with E-state index < -0.39 is 16.1 Å². The van der Waals surface area contributed by atoms with Crippen molar-refractivity contribution < 1.29 is 17.9 Å². The Balaban J connectivity index is 1.64. The van der Waals surface area contributed by atoms with Crippen LogP contribution >= 0.6 is 0 Å². The minimum atomic E-state index is -3.48. The molecule has 6 nitrogen and oxygen atoms in total. The number of piperidine rings is 1. The van der Waals surface area contributed by atoms with Crippen LogP contribution in [0.1, 0.15) is 51.5 Å². The van der Waals surface area contributed by atoms with E-state index in [0.717, 1.165) is 24.8 Å². The predicted octanol–water partition coefficient (Wildman–Crippen LogP) is 4.39. The largest absolute Gasteiger partial charge is 0.481 e. The van der Waals surface area contributed by atoms with E-state index in [2.05, 4.69) is 19.2 Å². The van der Waals surface area contributed by atoms with Gasteiger partial charge in [-0.3, -0.25) is 4.79 Å². The summed E-state index contributed by atoms with van der Waals surface area (Å²) in [6, 6.07) is 14.0. The van der Waals surface area contributed by atoms with Gasteiger partial charge in [-0.2, -0.15) is 4.31 Å². The molecule has 1 fully saturated rings. The average molecular weight is 431 g/mol. The van der Waals surface area contributed by atoms with E-state index in [9.17, 15) is 13.2 Å². The van der Waals surface area contributed by atoms with Gasteiger partial charge in [0.2, 0.25) is 10.0 Å². The van der Waals surface area contributed by atoms with Gasteiger partial charge in [-0.1, -0.05) is 38.5 Å². The Morgan fingerprint density at radius 1 is 0.967 bits per heavy atom. The van der Waals surface area contributed by atoms with Crippen LogP contribution in [0.2, 0.25) is 0 Å². The SMILES string of the molecule is CC(Oc1ccccc1C(C)C)C(=O)Nc1ccc(S(=O)(=O)N2CCCCC2)cc1. The van der Waals surface area contributed by atoms with Crippen molar-refractivity contribution in [3.05, 3.63) is 54.1 Å². The number of carbonyl (C=O) groups excluding carboxylic acids is 1. The molecule has 1 aliphatic heterocycles. The molecule has 1 N–H and O–H groups in total. The van der Waals surface area contributed by atoms with Crippen LogP contribution in [-0.2, 0) is 14.8 Å². The Morgan fingerprint density at radius 2 is 1.60 bits per heavy atom. The molecule has 162 valence electrons. The third kappa shape index (κ3) is 5.21. The zero-order chi connectivity index (χ0) is 21.7. The fourth-order valence-electron chi connectivity index (χ4n) is 3.52. The maximum Gasteiger partial charge on any atom is 0.265 e. The molecule has 1 heterocycles. The lowest BCUT2D eigenvalue weighted by Crippen LogP contribution is -2.35. The number of nitrogens with one attached hydrogen (secondary N) is 1. The number of nitrogens with zero attached hydrogens (tertiary/aromatic N) is 1. The van der Waals surface area contributed by atoms with E-state index in [4.69, 9.17) is 4.74 Å². The zero-order valence-electron chi connectivity index (χ0n) is 17.8. The summed E-state index contributed by atoms with van der Waals surface area (Å²) in [4.78, 5) is 12.8. The molecule has 0 radical (unpaired) electrons. The lowest BCUT2D eigenvalue weighted by atomic mass is 10.0. The van der Waals surface area contributed by atoms with E-state index in [1.165, 1.54) is 4.31 Å². The molecule has 0 spiro atoms. The first-order chi connectivity index (χ1) is 14.3. The molecule has 3 rings (SSSR count). The molecule has 2 aromatic rings. The van der Waals surface area contributed by atoms with Crippen LogP contribution in [0.15, 0.2) is 53.4 Å². The number of benzene rings is 2. The van der Waals surface area contributed by atoms with Crippen molar-refractivity contribution in [3.8, 4) is 5.75 Å². The molecule has 1 amide bonds. The second kappa shape index (κ2) is 9.62. The first-order valence-corrected chi connectivity index (χ1v) is 11.9. The van der Waals surface area contributed by atoms with Gasteiger partial charge in [0.25, 0.3) is 5.91 Å². The molecule has 1 aliphatic rings. The number of rotatable bonds is 7. The fourth-order valence-corrected chi connectivity index (χ4v) is 5.03. The summed E-state index contributed by atoms with van der Waals surface area (Å²) in [5, 5.41) is 2.80. The van der Waals surface area contributed by atoms with Gasteiger partial charge in [0, 0.05) is 18.8 Å². The number of amides is 1. The van der Waals surface area contributed by atoms with Gasteiger partial charge in [-0.15, -0.1) is 0 Å². The highest BCUT2D eigenvalue weighted by Gasteiger charge is 2.26. The van der Waals surface area contributed by atoms with Crippen molar-refractivity contribution in [1.29, 1.82) is 0 Å². The molecule has 0 bridgehead atoms. The van der Waals surface area contributed by atoms with Crippen LogP contribution < -0.4 is 10.1 Å². The van der Waals surface area contributed by atoms with Crippen LogP contribution in [0, 0.1) is 0 Å². The maximum absolute atomic E-state index is 12.7. The molecule has 2 aromatic carbocycles. The van der Waals surface area contributed by atoms with Crippen molar-refractivity contribution in [1.82, 2.24) is 4.31 Å². The number of carbonyl (C=O) groups is 1. The van der Waals surface area contributed by atoms with E-state index in [1.807, 2.05) is 24.3 Å². The topological polar surface area (TPSA) is 75.7 Å². The summed E-state index contributed by atoms with van der Waals surface area (Å²) in [6.45, 7) is 6.97. The fraction of sp³-hybridized carbons (Fsp3) is 0.435. The molecule has 1 atom stereocenters. The summed E-state index contributed by atoms with van der Waals surface area (Å²) in [5.74, 6) is 0.684. The normalized spacial score (nSPS) is 16.3. The second-order valence-electron chi connectivity index (χ2n) is 7.93. The van der Waals surface area contributed by atoms with Crippen molar-refractivity contribution in [3.63, 3.8) is 0 Å². The Hall–Kier alpha value is -2.38. The number of para-hydroxylation sites is 1. The van der Waals surface area contributed by atoms with Gasteiger partial charge < -0.3 is 10.1 Å². The number of hydrogen-bond acceptors (Lipinski definition) is 4. The molecular weight excluding hydrogens is 400 g/mol. The van der Waals surface area contributed by atoms with E-state index >= 15 is 0 Å². The molecular formula is C23H30N2O4S. The minimum absolute atomic E-state index is 0.248. The zero-order valence-corrected chi connectivity index (χ0v) is 18.6. The predicted molar refractivity (Wildman–Crippen MR) is 118 cm³/mol. The Morgan fingerprint density at radius 3 is 2.23 bits per heavy atom. The van der Waals surface area contributed by atoms with Crippen molar-refractivity contribution >= 4 is 21.6 Å². The maximum atomic E-state index is 12.7. The summed E-state index contributed by atoms with van der Waals surface area (Å²) < 4.78 is 32.9. The Bertz CT molecular complexity index is 965. The van der Waals surface area contributed by atoms with Crippen LogP contribution in [0.4, 0.5) is 5.69 Å². The number of anilines is 1. The molecule has 30 heavy (non-hydrogen) atoms. The molecule has 0 aliphatic carbocycles. The molecule has 1 saturated heterocycles. The molecule has 0 aromatic heterocycles. The number of ether oxygens (including phenoxy) is 1. The standard InChI is InChI=1S/C23H30N2O4S/c1-17(2)21-9-5-6-10-22(21)29-18(3)23(26)24-19-11-13-20(14-12-19)30(27,28)25-15-7-4-8-16-25/h5-6,9-14,17-18H,4,7-8,15-16H2,1-3H3,(H,24,26). The third-order valence-electron chi connectivity index (χ3n) is 5.29. The summed E-state index contributed by atoms with van der Waals surface area (Å²) in [5.41, 5.74) is 1.58. The monoisotopic (exact) mass is 430 g/mol. The van der Waals surface area contributed by atoms with Gasteiger partial charge in [0.1, 0.15) is 5.75 Å². The Kier molecular flexibility index (Phi) is 7.15. The third-order valence-corrected chi connectivity index (χ3v) is 7.20. The second-order valence-corrected chi connectivity index (χ2v) is 9.87. The summed E-state index contributed by atoms with van der Waals surface area (Å²) in [6.07, 6.45) is 2.16. The van der Waals surface area contributed by atoms with Gasteiger partial charge >= 0.3 is 0 Å². The smallest absolute Gasteiger partial charge is 0.265 e. The first kappa shape index (κ1) is 22.3. The minimum Gasteiger partial charge on any atom is -0.481 e. The van der Waals surface area contributed by atoms with Gasteiger partial charge in [0.15, 0.2) is 6.10 Å². The molecule has 0 saturated carbocycles. The van der Waals surface area contributed by atoms with Crippen molar-refractivity contribution in [2.45, 2.75) is 57.0 Å². The lowest BCUT2D eigenvalue weighted by molar-refractivity contribution is -0.122. The Labute approximate surface area is 179 Å². The van der Waals surface area contributed by atoms with Crippen molar-refractivity contribution in [2.24, 2.45) is 0 Å². The van der Waals surface area contributed by atoms with Crippen LogP contribution in [-0.4, -0.2) is 37.8 Å². The summed E-state index contributed by atoms with van der Waals surface area (Å²) in [7, 11) is -3.48. The van der Waals surface area contributed by atoms with E-state index in [-0.39, 0.29) is 16.7 Å². The highest BCUT2D eigenvalue weighted by Crippen LogP contribution is 2.27. The lowest BCUT2D eigenvalue weighted by Gasteiger charge is -2.25. The van der Waals surface area contributed by atoms with E-state index in [1.54, 1.807) is 31.2 Å². The number of hydrogen-bond donors (Lipinski definition) is 1. The average Bonchev–Trinajstić information content (AvgIpc) is 2.75. The van der Waals surface area contributed by atoms with Crippen molar-refractivity contribution in [2.75, 3.05) is 18.4 Å². The quantitative estimate of drug-likeness (QED) is 0.707. The van der Waals surface area contributed by atoms with Crippen LogP contribution in [0.5, 0.6) is 5.75 Å². The van der Waals surface area contributed by atoms with Crippen LogP contribution in [0.25, 0.3) is 0 Å². The van der Waals surface area contributed by atoms with E-state index in [0.29, 0.717) is 24.5 Å².